The van der Waals surface area contributed by atoms with Crippen molar-refractivity contribution in [1.29, 1.82) is 0 Å². The second-order valence-electron chi connectivity index (χ2n) is 5.59. The molecule has 2 atom stereocenters. The van der Waals surface area contributed by atoms with Crippen molar-refractivity contribution >= 4 is 22.6 Å². The Kier molecular flexibility index (Phi) is 5.31. The summed E-state index contributed by atoms with van der Waals surface area (Å²) in [4.78, 5) is 0. The molecule has 3 nitrogen and oxygen atoms in total. The lowest BCUT2D eigenvalue weighted by atomic mass is 9.91. The highest BCUT2D eigenvalue weighted by Gasteiger charge is 2.35. The van der Waals surface area contributed by atoms with E-state index in [4.69, 9.17) is 20.8 Å². The first-order valence-corrected chi connectivity index (χ1v) is 7.89. The van der Waals surface area contributed by atoms with Gasteiger partial charge in [0, 0.05) is 17.5 Å². The molecule has 1 aromatic heterocycles. The predicted molar refractivity (Wildman–Crippen MR) is 88.0 cm³/mol. The molecule has 0 amide bonds. The van der Waals surface area contributed by atoms with Crippen molar-refractivity contribution in [2.75, 3.05) is 13.7 Å². The Balaban J connectivity index is 2.42. The number of halogens is 1. The van der Waals surface area contributed by atoms with Gasteiger partial charge in [-0.2, -0.15) is 0 Å². The van der Waals surface area contributed by atoms with Gasteiger partial charge in [0.2, 0.25) is 0 Å². The molecule has 0 aliphatic heterocycles. The molecule has 0 bridgehead atoms. The van der Waals surface area contributed by atoms with Crippen LogP contribution >= 0.6 is 11.6 Å². The van der Waals surface area contributed by atoms with Crippen molar-refractivity contribution in [3.05, 3.63) is 35.0 Å². The molecule has 2 rings (SSSR count). The van der Waals surface area contributed by atoms with Crippen molar-refractivity contribution in [2.45, 2.75) is 45.3 Å². The van der Waals surface area contributed by atoms with Crippen LogP contribution in [0.5, 0.6) is 0 Å². The molecule has 0 fully saturated rings. The fraction of sp³-hybridized carbons (Fsp3) is 0.529. The third-order valence-corrected chi connectivity index (χ3v) is 4.39. The third kappa shape index (κ3) is 3.42. The van der Waals surface area contributed by atoms with Crippen LogP contribution < -0.4 is 5.32 Å². The van der Waals surface area contributed by atoms with Crippen LogP contribution in [0.25, 0.3) is 11.0 Å². The molecule has 0 saturated heterocycles. The number of rotatable bonds is 7. The number of benzene rings is 1. The number of ether oxygens (including phenoxy) is 1. The number of hydrogen-bond acceptors (Lipinski definition) is 3. The lowest BCUT2D eigenvalue weighted by Gasteiger charge is -2.35. The van der Waals surface area contributed by atoms with Crippen LogP contribution in [0.4, 0.5) is 0 Å². The number of furan rings is 1. The highest BCUT2D eigenvalue weighted by Crippen LogP contribution is 2.35. The van der Waals surface area contributed by atoms with E-state index in [0.29, 0.717) is 0 Å². The van der Waals surface area contributed by atoms with Crippen LogP contribution in [0.2, 0.25) is 5.02 Å². The van der Waals surface area contributed by atoms with Gasteiger partial charge >= 0.3 is 0 Å². The molecule has 1 heterocycles. The highest BCUT2D eigenvalue weighted by atomic mass is 35.5. The highest BCUT2D eigenvalue weighted by molar-refractivity contribution is 6.31. The van der Waals surface area contributed by atoms with Crippen LogP contribution in [0, 0.1) is 0 Å². The molecule has 116 valence electrons. The molecule has 2 unspecified atom stereocenters. The minimum atomic E-state index is -0.313. The van der Waals surface area contributed by atoms with E-state index in [2.05, 4.69) is 32.2 Å². The molecule has 1 N–H and O–H groups in total. The zero-order valence-electron chi connectivity index (χ0n) is 13.2. The standard InChI is InChI=1S/C17H24ClNO2/c1-5-9-19-16(17(3,6-2)20-4)15-11-12-10-13(18)7-8-14(12)21-15/h7-8,10-11,16,19H,5-6,9H2,1-4H3. The van der Waals surface area contributed by atoms with E-state index >= 15 is 0 Å². The normalized spacial score (nSPS) is 16.0. The number of hydrogen-bond donors (Lipinski definition) is 1. The van der Waals surface area contributed by atoms with Crippen molar-refractivity contribution in [3.8, 4) is 0 Å². The van der Waals surface area contributed by atoms with Gasteiger partial charge in [0.25, 0.3) is 0 Å². The summed E-state index contributed by atoms with van der Waals surface area (Å²) in [6.07, 6.45) is 1.95. The number of methoxy groups -OCH3 is 1. The summed E-state index contributed by atoms with van der Waals surface area (Å²) in [5.41, 5.74) is 0.541. The summed E-state index contributed by atoms with van der Waals surface area (Å²) in [5, 5.41) is 5.30. The summed E-state index contributed by atoms with van der Waals surface area (Å²) in [5.74, 6) is 0.895. The lowest BCUT2D eigenvalue weighted by Crippen LogP contribution is -2.43. The number of nitrogens with one attached hydrogen (secondary N) is 1. The van der Waals surface area contributed by atoms with Gasteiger partial charge in [-0.3, -0.25) is 0 Å². The predicted octanol–water partition coefficient (Wildman–Crippen LogP) is 4.94. The Hall–Kier alpha value is -1.03. The fourth-order valence-corrected chi connectivity index (χ4v) is 2.73. The van der Waals surface area contributed by atoms with Gasteiger partial charge < -0.3 is 14.5 Å². The first-order chi connectivity index (χ1) is 10.0. The molecule has 0 radical (unpaired) electrons. The van der Waals surface area contributed by atoms with Crippen molar-refractivity contribution in [3.63, 3.8) is 0 Å². The van der Waals surface area contributed by atoms with Crippen LogP contribution in [-0.4, -0.2) is 19.3 Å². The SMILES string of the molecule is CCCNC(c1cc2cc(Cl)ccc2o1)C(C)(CC)OC. The van der Waals surface area contributed by atoms with Crippen LogP contribution in [0.15, 0.2) is 28.7 Å². The van der Waals surface area contributed by atoms with Crippen LogP contribution in [0.1, 0.15) is 45.4 Å². The molecule has 0 spiro atoms. The largest absolute Gasteiger partial charge is 0.459 e. The van der Waals surface area contributed by atoms with Crippen molar-refractivity contribution in [2.24, 2.45) is 0 Å². The van der Waals surface area contributed by atoms with Gasteiger partial charge in [0.05, 0.1) is 11.6 Å². The van der Waals surface area contributed by atoms with Gasteiger partial charge in [-0.05, 0) is 50.6 Å². The molecule has 21 heavy (non-hydrogen) atoms. The smallest absolute Gasteiger partial charge is 0.134 e. The average Bonchev–Trinajstić information content (AvgIpc) is 2.89. The maximum Gasteiger partial charge on any atom is 0.134 e. The minimum absolute atomic E-state index is 0.0126. The summed E-state index contributed by atoms with van der Waals surface area (Å²) in [6.45, 7) is 7.31. The third-order valence-electron chi connectivity index (χ3n) is 4.16. The van der Waals surface area contributed by atoms with Gasteiger partial charge in [0.1, 0.15) is 11.3 Å². The van der Waals surface area contributed by atoms with E-state index in [1.165, 1.54) is 0 Å². The first-order valence-electron chi connectivity index (χ1n) is 7.51. The maximum atomic E-state index is 6.05. The van der Waals surface area contributed by atoms with E-state index < -0.39 is 0 Å². The summed E-state index contributed by atoms with van der Waals surface area (Å²) in [7, 11) is 1.75. The van der Waals surface area contributed by atoms with E-state index in [0.717, 1.165) is 41.1 Å². The van der Waals surface area contributed by atoms with E-state index in [1.54, 1.807) is 7.11 Å². The van der Waals surface area contributed by atoms with Crippen LogP contribution in [0.3, 0.4) is 0 Å². The Morgan fingerprint density at radius 1 is 1.33 bits per heavy atom. The Morgan fingerprint density at radius 3 is 2.71 bits per heavy atom. The maximum absolute atomic E-state index is 6.05. The lowest BCUT2D eigenvalue weighted by molar-refractivity contribution is -0.0349. The Morgan fingerprint density at radius 2 is 2.10 bits per heavy atom. The fourth-order valence-electron chi connectivity index (χ4n) is 2.55. The van der Waals surface area contributed by atoms with Crippen molar-refractivity contribution < 1.29 is 9.15 Å². The summed E-state index contributed by atoms with van der Waals surface area (Å²) < 4.78 is 11.8. The second-order valence-corrected chi connectivity index (χ2v) is 6.02. The molecule has 2 aromatic rings. The zero-order chi connectivity index (χ0) is 15.5. The minimum Gasteiger partial charge on any atom is -0.459 e. The monoisotopic (exact) mass is 309 g/mol. The topological polar surface area (TPSA) is 34.4 Å². The van der Waals surface area contributed by atoms with E-state index in [-0.39, 0.29) is 11.6 Å². The van der Waals surface area contributed by atoms with E-state index in [9.17, 15) is 0 Å². The second kappa shape index (κ2) is 6.82. The number of fused-ring (bicyclic) bond motifs is 1. The van der Waals surface area contributed by atoms with Gasteiger partial charge in [-0.1, -0.05) is 25.4 Å². The molecule has 0 aliphatic carbocycles. The van der Waals surface area contributed by atoms with Gasteiger partial charge in [-0.15, -0.1) is 0 Å². The quantitative estimate of drug-likeness (QED) is 0.786. The van der Waals surface area contributed by atoms with Gasteiger partial charge in [-0.25, -0.2) is 0 Å². The van der Waals surface area contributed by atoms with Gasteiger partial charge in [0.15, 0.2) is 0 Å². The molecular weight excluding hydrogens is 286 g/mol. The molecule has 1 aromatic carbocycles. The molecule has 0 saturated carbocycles. The average molecular weight is 310 g/mol. The zero-order valence-corrected chi connectivity index (χ0v) is 14.0. The molecule has 4 heteroatoms. The van der Waals surface area contributed by atoms with Crippen LogP contribution in [-0.2, 0) is 4.74 Å². The first kappa shape index (κ1) is 16.3. The van der Waals surface area contributed by atoms with E-state index in [1.807, 2.05) is 18.2 Å². The Labute approximate surface area is 131 Å². The Bertz CT molecular complexity index is 589. The van der Waals surface area contributed by atoms with Crippen molar-refractivity contribution in [1.82, 2.24) is 5.32 Å². The summed E-state index contributed by atoms with van der Waals surface area (Å²) >= 11 is 6.05. The molecule has 0 aliphatic rings. The summed E-state index contributed by atoms with van der Waals surface area (Å²) in [6, 6.07) is 7.76. The molecular formula is C17H24ClNO2.